The molecule has 0 nitrogen and oxygen atoms in total. The lowest BCUT2D eigenvalue weighted by Gasteiger charge is -1.71. The van der Waals surface area contributed by atoms with E-state index in [0.29, 0.717) is 0 Å². The van der Waals surface area contributed by atoms with Crippen LogP contribution >= 0.6 is 28.6 Å². The first-order chi connectivity index (χ1) is 2.27. The molecule has 2 heteroatoms. The van der Waals surface area contributed by atoms with Gasteiger partial charge in [-0.05, 0) is 16.8 Å². The molecule has 0 aromatic carbocycles. The molecule has 0 saturated carbocycles. The lowest BCUT2D eigenvalue weighted by Crippen LogP contribution is -1.41. The van der Waals surface area contributed by atoms with E-state index in [4.69, 9.17) is 0 Å². The molecule has 30 valence electrons. The first kappa shape index (κ1) is 5.57. The number of hydrogen-bond acceptors (Lipinski definition) is 1. The second-order valence-electron chi connectivity index (χ2n) is 0.750. The molecule has 0 bridgehead atoms. The van der Waals surface area contributed by atoms with Gasteiger partial charge >= 0.3 is 0 Å². The van der Waals surface area contributed by atoms with Crippen molar-refractivity contribution in [1.29, 1.82) is 0 Å². The smallest absolute Gasteiger partial charge is 0.00990 e. The van der Waals surface area contributed by atoms with Gasteiger partial charge in [0.05, 0.1) is 0 Å². The average Bonchev–Trinajstić information content (AvgIpc) is 1.38. The Bertz CT molecular complexity index is 44.9. The van der Waals surface area contributed by atoms with Gasteiger partial charge in [-0.1, -0.05) is 15.9 Å². The molecule has 5 heavy (non-hydrogen) atoms. The van der Waals surface area contributed by atoms with Gasteiger partial charge in [-0.15, -0.1) is 12.6 Å². The Morgan fingerprint density at radius 2 is 2.20 bits per heavy atom. The first-order valence-electron chi connectivity index (χ1n) is 1.23. The molecule has 0 spiro atoms. The standard InChI is InChI=1S/C3H5BrS/c1-3(5)2-4/h2,5H,1H3. The highest BCUT2D eigenvalue weighted by molar-refractivity contribution is 9.11. The number of halogens is 1. The van der Waals surface area contributed by atoms with Gasteiger partial charge in [-0.3, -0.25) is 0 Å². The van der Waals surface area contributed by atoms with E-state index in [1.807, 2.05) is 6.92 Å². The van der Waals surface area contributed by atoms with Gasteiger partial charge in [0, 0.05) is 0 Å². The molecule has 0 atom stereocenters. The van der Waals surface area contributed by atoms with E-state index in [9.17, 15) is 0 Å². The van der Waals surface area contributed by atoms with Gasteiger partial charge in [-0.2, -0.15) is 0 Å². The molecule has 0 saturated heterocycles. The molecule has 0 rings (SSSR count). The van der Waals surface area contributed by atoms with E-state index in [2.05, 4.69) is 28.6 Å². The maximum Gasteiger partial charge on any atom is -0.00990 e. The highest BCUT2D eigenvalue weighted by Gasteiger charge is 1.63. The summed E-state index contributed by atoms with van der Waals surface area (Å²) in [5.74, 6) is 0. The van der Waals surface area contributed by atoms with Gasteiger partial charge in [-0.25, -0.2) is 0 Å². The Morgan fingerprint density at radius 1 is 2.00 bits per heavy atom. The molecule has 0 unspecified atom stereocenters. The molecule has 0 aliphatic heterocycles. The van der Waals surface area contributed by atoms with Crippen molar-refractivity contribution in [3.63, 3.8) is 0 Å². The third-order valence-corrected chi connectivity index (χ3v) is 1.33. The van der Waals surface area contributed by atoms with Crippen LogP contribution in [0.2, 0.25) is 0 Å². The van der Waals surface area contributed by atoms with Crippen LogP contribution < -0.4 is 0 Å². The first-order valence-corrected chi connectivity index (χ1v) is 2.59. The van der Waals surface area contributed by atoms with Crippen LogP contribution in [0.4, 0.5) is 0 Å². The highest BCUT2D eigenvalue weighted by Crippen LogP contribution is 1.98. The average molecular weight is 153 g/mol. The summed E-state index contributed by atoms with van der Waals surface area (Å²) in [4.78, 5) is 2.75. The molecule has 0 aromatic heterocycles. The van der Waals surface area contributed by atoms with Crippen molar-refractivity contribution in [2.24, 2.45) is 0 Å². The lowest BCUT2D eigenvalue weighted by atomic mass is 10.8. The monoisotopic (exact) mass is 152 g/mol. The third kappa shape index (κ3) is 4.57. The molecule has 0 aromatic rings. The Labute approximate surface area is 45.8 Å². The summed E-state index contributed by atoms with van der Waals surface area (Å²) in [5, 5.41) is 0. The summed E-state index contributed by atoms with van der Waals surface area (Å²) in [7, 11) is 0. The van der Waals surface area contributed by atoms with Gasteiger partial charge in [0.2, 0.25) is 0 Å². The van der Waals surface area contributed by atoms with E-state index >= 15 is 0 Å². The van der Waals surface area contributed by atoms with Crippen molar-refractivity contribution in [2.75, 3.05) is 0 Å². The van der Waals surface area contributed by atoms with Gasteiger partial charge in [0.15, 0.2) is 0 Å². The van der Waals surface area contributed by atoms with Crippen molar-refractivity contribution in [1.82, 2.24) is 0 Å². The molecule has 0 fully saturated rings. The molecule has 0 aliphatic carbocycles. The summed E-state index contributed by atoms with van der Waals surface area (Å²) < 4.78 is 0. The van der Waals surface area contributed by atoms with Crippen LogP contribution in [0.3, 0.4) is 0 Å². The fraction of sp³-hybridized carbons (Fsp3) is 0.333. The van der Waals surface area contributed by atoms with Crippen molar-refractivity contribution >= 4 is 28.6 Å². The predicted molar refractivity (Wildman–Crippen MR) is 31.7 cm³/mol. The molecule has 0 heterocycles. The van der Waals surface area contributed by atoms with Crippen LogP contribution in [0.15, 0.2) is 9.89 Å². The molecular weight excluding hydrogens is 148 g/mol. The van der Waals surface area contributed by atoms with Gasteiger partial charge in [0.25, 0.3) is 0 Å². The second kappa shape index (κ2) is 2.79. The minimum atomic E-state index is 0.991. The zero-order valence-corrected chi connectivity index (χ0v) is 5.38. The fourth-order valence-electron chi connectivity index (χ4n) is 0. The molecular formula is C3H5BrS. The topological polar surface area (TPSA) is 0 Å². The summed E-state index contributed by atoms with van der Waals surface area (Å²) >= 11 is 6.99. The summed E-state index contributed by atoms with van der Waals surface area (Å²) in [6.07, 6.45) is 0. The normalized spacial score (nSPS) is 12.2. The Kier molecular flexibility index (Phi) is 3.11. The summed E-state index contributed by atoms with van der Waals surface area (Å²) in [5.41, 5.74) is 0. The number of allylic oxidation sites excluding steroid dienone is 1. The van der Waals surface area contributed by atoms with Gasteiger partial charge in [0.1, 0.15) is 0 Å². The van der Waals surface area contributed by atoms with E-state index in [0.717, 1.165) is 4.91 Å². The Hall–Kier alpha value is 0.570. The van der Waals surface area contributed by atoms with E-state index in [-0.39, 0.29) is 0 Å². The largest absolute Gasteiger partial charge is 0.148 e. The number of hydrogen-bond donors (Lipinski definition) is 1. The highest BCUT2D eigenvalue weighted by atomic mass is 79.9. The van der Waals surface area contributed by atoms with Crippen molar-refractivity contribution < 1.29 is 0 Å². The number of rotatable bonds is 0. The quantitative estimate of drug-likeness (QED) is 0.506. The van der Waals surface area contributed by atoms with Crippen molar-refractivity contribution in [3.8, 4) is 0 Å². The van der Waals surface area contributed by atoms with Crippen LogP contribution in [0, 0.1) is 0 Å². The maximum absolute atomic E-state index is 3.91. The minimum Gasteiger partial charge on any atom is -0.148 e. The summed E-state index contributed by atoms with van der Waals surface area (Å²) in [6, 6.07) is 0. The van der Waals surface area contributed by atoms with Crippen LogP contribution in [0.5, 0.6) is 0 Å². The van der Waals surface area contributed by atoms with E-state index in [1.165, 1.54) is 0 Å². The Morgan fingerprint density at radius 3 is 2.20 bits per heavy atom. The third-order valence-electron chi connectivity index (χ3n) is 0.158. The number of thiol groups is 1. The zero-order valence-electron chi connectivity index (χ0n) is 2.90. The predicted octanol–water partition coefficient (Wildman–Crippen LogP) is 2.17. The van der Waals surface area contributed by atoms with Crippen LogP contribution in [-0.4, -0.2) is 0 Å². The second-order valence-corrected chi connectivity index (χ2v) is 1.91. The molecule has 0 N–H and O–H groups in total. The van der Waals surface area contributed by atoms with E-state index in [1.54, 1.807) is 4.99 Å². The van der Waals surface area contributed by atoms with Crippen molar-refractivity contribution in [2.45, 2.75) is 6.92 Å². The SMILES string of the molecule is CC(S)=CBr. The Balaban J connectivity index is 3.14. The molecule has 0 radical (unpaired) electrons. The van der Waals surface area contributed by atoms with Crippen LogP contribution in [0.25, 0.3) is 0 Å². The van der Waals surface area contributed by atoms with Crippen LogP contribution in [-0.2, 0) is 0 Å². The fourth-order valence-corrected chi connectivity index (χ4v) is 0. The minimum absolute atomic E-state index is 0.991. The van der Waals surface area contributed by atoms with Gasteiger partial charge < -0.3 is 0 Å². The maximum atomic E-state index is 3.91. The molecule has 0 amide bonds. The zero-order chi connectivity index (χ0) is 4.28. The lowest BCUT2D eigenvalue weighted by molar-refractivity contribution is 1.74. The molecule has 0 aliphatic rings. The van der Waals surface area contributed by atoms with Crippen molar-refractivity contribution in [3.05, 3.63) is 9.89 Å². The van der Waals surface area contributed by atoms with Crippen LogP contribution in [0.1, 0.15) is 6.92 Å². The summed E-state index contributed by atoms with van der Waals surface area (Å²) in [6.45, 7) is 1.90. The van der Waals surface area contributed by atoms with E-state index < -0.39 is 0 Å².